The summed E-state index contributed by atoms with van der Waals surface area (Å²) in [6.07, 6.45) is 1.40. The summed E-state index contributed by atoms with van der Waals surface area (Å²) in [5.41, 5.74) is 7.83. The molecule has 0 aromatic heterocycles. The van der Waals surface area contributed by atoms with E-state index in [4.69, 9.17) is 9.47 Å². The number of amides is 3. The molecule has 48 heavy (non-hydrogen) atoms. The Balaban J connectivity index is 1.00. The molecule has 0 radical (unpaired) electrons. The molecule has 1 atom stereocenters. The minimum absolute atomic E-state index is 0.195. The predicted octanol–water partition coefficient (Wildman–Crippen LogP) is 6.03. The molecule has 2 aliphatic rings. The quantitative estimate of drug-likeness (QED) is 0.0924. The fourth-order valence-corrected chi connectivity index (χ4v) is 6.36. The zero-order valence-electron chi connectivity index (χ0n) is 26.9. The Labute approximate surface area is 280 Å². The van der Waals surface area contributed by atoms with E-state index in [1.807, 2.05) is 54.6 Å². The van der Waals surface area contributed by atoms with Gasteiger partial charge in [-0.15, -0.1) is 0 Å². The highest BCUT2D eigenvalue weighted by Crippen LogP contribution is 2.36. The van der Waals surface area contributed by atoms with Crippen molar-refractivity contribution in [2.45, 2.75) is 38.8 Å². The van der Waals surface area contributed by atoms with E-state index in [-0.39, 0.29) is 24.0 Å². The number of hydrogen-bond donors (Lipinski definition) is 3. The third-order valence-electron chi connectivity index (χ3n) is 8.72. The van der Waals surface area contributed by atoms with E-state index in [2.05, 4.69) is 41.8 Å². The number of fused-ring (bicyclic) bond motifs is 1. The number of phenolic OH excluding ortho intramolecular Hbond substituents is 1. The molecule has 1 fully saturated rings. The van der Waals surface area contributed by atoms with E-state index in [1.165, 1.54) is 5.57 Å². The maximum atomic E-state index is 13.1. The van der Waals surface area contributed by atoms with Crippen molar-refractivity contribution in [3.63, 3.8) is 0 Å². The average Bonchev–Trinajstić information content (AvgIpc) is 3.44. The number of ether oxygens (including phenoxy) is 2. The summed E-state index contributed by atoms with van der Waals surface area (Å²) in [4.78, 5) is 38.5. The molecular weight excluding hydrogens is 606 g/mol. The van der Waals surface area contributed by atoms with Crippen LogP contribution in [0.1, 0.15) is 58.8 Å². The van der Waals surface area contributed by atoms with Crippen LogP contribution in [0.3, 0.4) is 0 Å². The second-order valence-corrected chi connectivity index (χ2v) is 11.8. The number of benzene rings is 4. The first-order chi connectivity index (χ1) is 23.4. The highest BCUT2D eigenvalue weighted by Gasteiger charge is 2.39. The van der Waals surface area contributed by atoms with Crippen molar-refractivity contribution in [1.82, 2.24) is 10.2 Å². The molecule has 0 spiro atoms. The van der Waals surface area contributed by atoms with Gasteiger partial charge in [0.05, 0.1) is 13.2 Å². The van der Waals surface area contributed by atoms with Crippen molar-refractivity contribution in [1.29, 1.82) is 0 Å². The van der Waals surface area contributed by atoms with Gasteiger partial charge in [0.15, 0.2) is 0 Å². The van der Waals surface area contributed by atoms with Crippen LogP contribution >= 0.6 is 0 Å². The first-order valence-corrected chi connectivity index (χ1v) is 16.3. The largest absolute Gasteiger partial charge is 0.508 e. The molecule has 0 bridgehead atoms. The summed E-state index contributed by atoms with van der Waals surface area (Å²) in [7, 11) is 0. The fourth-order valence-electron chi connectivity index (χ4n) is 6.36. The topological polar surface area (TPSA) is 117 Å². The lowest BCUT2D eigenvalue weighted by Crippen LogP contribution is -2.52. The van der Waals surface area contributed by atoms with Gasteiger partial charge in [0.1, 0.15) is 24.1 Å². The van der Waals surface area contributed by atoms with Gasteiger partial charge >= 0.3 is 0 Å². The lowest BCUT2D eigenvalue weighted by molar-refractivity contribution is -0.136. The maximum absolute atomic E-state index is 13.1. The van der Waals surface area contributed by atoms with Crippen molar-refractivity contribution in [2.75, 3.05) is 31.7 Å². The van der Waals surface area contributed by atoms with E-state index in [9.17, 15) is 19.5 Å². The van der Waals surface area contributed by atoms with Gasteiger partial charge in [0.25, 0.3) is 5.91 Å². The van der Waals surface area contributed by atoms with Crippen LogP contribution in [0.5, 0.6) is 11.5 Å². The first-order valence-electron chi connectivity index (χ1n) is 16.3. The van der Waals surface area contributed by atoms with Gasteiger partial charge < -0.3 is 24.8 Å². The molecule has 0 aliphatic carbocycles. The molecule has 9 nitrogen and oxygen atoms in total. The Morgan fingerprint density at radius 3 is 2.29 bits per heavy atom. The Morgan fingerprint density at radius 1 is 0.854 bits per heavy atom. The second-order valence-electron chi connectivity index (χ2n) is 11.8. The number of piperidine rings is 1. The summed E-state index contributed by atoms with van der Waals surface area (Å²) < 4.78 is 11.8. The standard InChI is InChI=1S/C39H39N3O6/c1-2-31(26-7-4-3-5-8-26)37(27-11-15-29(43)16-12-27)28-13-17-30(18-14-28)48-24-23-47-22-21-40-34-10-6-9-32-33(34)25-42(39(32)46)35-19-20-36(44)41-38(35)45/h3-18,35,40,43H,2,19-25H2,1H3,(H,41,44,45). The lowest BCUT2D eigenvalue weighted by atomic mass is 9.88. The molecular formula is C39H39N3O6. The number of allylic oxidation sites excluding steroid dienone is 1. The molecule has 3 N–H and O–H groups in total. The van der Waals surface area contributed by atoms with Gasteiger partial charge in [-0.05, 0) is 77.1 Å². The minimum Gasteiger partial charge on any atom is -0.508 e. The van der Waals surface area contributed by atoms with Crippen LogP contribution in [0.4, 0.5) is 5.69 Å². The van der Waals surface area contributed by atoms with Crippen LogP contribution in [0.25, 0.3) is 11.1 Å². The number of carbonyl (C=O) groups is 3. The van der Waals surface area contributed by atoms with Crippen LogP contribution < -0.4 is 15.4 Å². The molecule has 6 rings (SSSR count). The number of hydrogen-bond acceptors (Lipinski definition) is 7. The Hall–Kier alpha value is -5.41. The van der Waals surface area contributed by atoms with E-state index in [0.717, 1.165) is 45.7 Å². The van der Waals surface area contributed by atoms with Gasteiger partial charge in [0, 0.05) is 36.3 Å². The number of nitrogens with zero attached hydrogens (tertiary/aromatic N) is 1. The van der Waals surface area contributed by atoms with Gasteiger partial charge in [-0.2, -0.15) is 0 Å². The molecule has 9 heteroatoms. The number of nitrogens with one attached hydrogen (secondary N) is 2. The van der Waals surface area contributed by atoms with Crippen LogP contribution in [0, 0.1) is 0 Å². The SMILES string of the molecule is CCC(=C(c1ccc(O)cc1)c1ccc(OCCOCCNc2cccc3c2CN(C2CCC(=O)NC2=O)C3=O)cc1)c1ccccc1. The number of rotatable bonds is 13. The highest BCUT2D eigenvalue weighted by atomic mass is 16.5. The van der Waals surface area contributed by atoms with Gasteiger partial charge in [-0.25, -0.2) is 0 Å². The second kappa shape index (κ2) is 15.0. The van der Waals surface area contributed by atoms with Crippen LogP contribution in [0.15, 0.2) is 97.1 Å². The highest BCUT2D eigenvalue weighted by molar-refractivity contribution is 6.06. The Bertz CT molecular complexity index is 1800. The van der Waals surface area contributed by atoms with Gasteiger partial charge in [-0.3, -0.25) is 19.7 Å². The predicted molar refractivity (Wildman–Crippen MR) is 184 cm³/mol. The zero-order valence-corrected chi connectivity index (χ0v) is 26.9. The van der Waals surface area contributed by atoms with Crippen molar-refractivity contribution >= 4 is 34.6 Å². The molecule has 1 unspecified atom stereocenters. The number of carbonyl (C=O) groups excluding carboxylic acids is 3. The van der Waals surface area contributed by atoms with E-state index in [0.29, 0.717) is 44.9 Å². The summed E-state index contributed by atoms with van der Waals surface area (Å²) in [6.45, 7) is 4.24. The first kappa shape index (κ1) is 32.5. The molecule has 0 saturated carbocycles. The Morgan fingerprint density at radius 2 is 1.58 bits per heavy atom. The number of aromatic hydroxyl groups is 1. The van der Waals surface area contributed by atoms with Gasteiger partial charge in [0.2, 0.25) is 11.8 Å². The van der Waals surface area contributed by atoms with E-state index >= 15 is 0 Å². The van der Waals surface area contributed by atoms with Gasteiger partial charge in [-0.1, -0.05) is 67.6 Å². The zero-order chi connectivity index (χ0) is 33.5. The molecule has 4 aromatic rings. The molecule has 2 aliphatic heterocycles. The van der Waals surface area contributed by atoms with Crippen LogP contribution in [-0.2, 0) is 20.9 Å². The smallest absolute Gasteiger partial charge is 0.255 e. The van der Waals surface area contributed by atoms with Crippen LogP contribution in [-0.4, -0.2) is 60.1 Å². The summed E-state index contributed by atoms with van der Waals surface area (Å²) in [5.74, 6) is 0.0607. The number of phenols is 1. The normalized spacial score (nSPS) is 16.3. The molecule has 3 amide bonds. The lowest BCUT2D eigenvalue weighted by Gasteiger charge is -2.29. The molecule has 2 heterocycles. The third-order valence-corrected chi connectivity index (χ3v) is 8.72. The van der Waals surface area contributed by atoms with E-state index in [1.54, 1.807) is 23.1 Å². The average molecular weight is 646 g/mol. The van der Waals surface area contributed by atoms with Crippen molar-refractivity contribution in [3.05, 3.63) is 125 Å². The van der Waals surface area contributed by atoms with Crippen molar-refractivity contribution in [2.24, 2.45) is 0 Å². The Kier molecular flexibility index (Phi) is 10.2. The minimum atomic E-state index is -0.643. The molecule has 4 aromatic carbocycles. The van der Waals surface area contributed by atoms with Crippen LogP contribution in [0.2, 0.25) is 0 Å². The summed E-state index contributed by atoms with van der Waals surface area (Å²) in [5, 5.41) is 15.6. The number of imide groups is 1. The fraction of sp³-hybridized carbons (Fsp3) is 0.256. The van der Waals surface area contributed by atoms with Crippen molar-refractivity contribution < 1.29 is 29.0 Å². The van der Waals surface area contributed by atoms with Crippen molar-refractivity contribution in [3.8, 4) is 11.5 Å². The number of anilines is 1. The molecule has 246 valence electrons. The monoisotopic (exact) mass is 645 g/mol. The van der Waals surface area contributed by atoms with E-state index < -0.39 is 11.9 Å². The summed E-state index contributed by atoms with van der Waals surface area (Å²) >= 11 is 0. The maximum Gasteiger partial charge on any atom is 0.255 e. The molecule has 1 saturated heterocycles. The summed E-state index contributed by atoms with van der Waals surface area (Å²) in [6, 6.07) is 30.6. The third kappa shape index (κ3) is 7.26.